The largest absolute Gasteiger partial charge is 0.449 e. The van der Waals surface area contributed by atoms with Gasteiger partial charge in [0.15, 0.2) is 6.10 Å². The zero-order valence-electron chi connectivity index (χ0n) is 14.0. The Morgan fingerprint density at radius 2 is 1.92 bits per heavy atom. The van der Waals surface area contributed by atoms with E-state index in [-0.39, 0.29) is 10.7 Å². The highest BCUT2D eigenvalue weighted by Crippen LogP contribution is 2.23. The maximum absolute atomic E-state index is 13.0. The normalized spacial score (nSPS) is 11.6. The van der Waals surface area contributed by atoms with Crippen LogP contribution in [-0.4, -0.2) is 32.1 Å². The van der Waals surface area contributed by atoms with Crippen molar-refractivity contribution in [1.82, 2.24) is 0 Å². The minimum Gasteiger partial charge on any atom is -0.449 e. The molecule has 132 valence electrons. The van der Waals surface area contributed by atoms with Crippen molar-refractivity contribution in [1.29, 1.82) is 0 Å². The number of nitrogens with one attached hydrogen (secondary N) is 1. The van der Waals surface area contributed by atoms with Gasteiger partial charge in [-0.25, -0.2) is 9.18 Å². The monoisotopic (exact) mass is 364 g/mol. The quantitative estimate of drug-likeness (QED) is 0.821. The van der Waals surface area contributed by atoms with E-state index in [9.17, 15) is 14.0 Å². The van der Waals surface area contributed by atoms with Crippen LogP contribution in [-0.2, 0) is 9.53 Å². The molecule has 2 aromatic carbocycles. The zero-order chi connectivity index (χ0) is 18.6. The summed E-state index contributed by atoms with van der Waals surface area (Å²) < 4.78 is 18.2. The molecule has 0 fully saturated rings. The molecule has 0 aliphatic rings. The van der Waals surface area contributed by atoms with Crippen LogP contribution in [0.15, 0.2) is 42.5 Å². The van der Waals surface area contributed by atoms with E-state index in [1.54, 1.807) is 18.2 Å². The first-order valence-corrected chi connectivity index (χ1v) is 7.90. The van der Waals surface area contributed by atoms with E-state index in [0.29, 0.717) is 5.56 Å². The molecule has 0 spiro atoms. The molecule has 5 nitrogen and oxygen atoms in total. The number of hydrogen-bond acceptors (Lipinski definition) is 4. The van der Waals surface area contributed by atoms with E-state index in [0.717, 1.165) is 11.8 Å². The lowest BCUT2D eigenvalue weighted by Gasteiger charge is -2.16. The van der Waals surface area contributed by atoms with Crippen LogP contribution >= 0.6 is 11.6 Å². The van der Waals surface area contributed by atoms with Gasteiger partial charge in [0, 0.05) is 19.8 Å². The molecule has 1 N–H and O–H groups in total. The molecule has 0 heterocycles. The highest BCUT2D eigenvalue weighted by Gasteiger charge is 2.20. The number of esters is 1. The van der Waals surface area contributed by atoms with Crippen LogP contribution in [0.1, 0.15) is 17.3 Å². The second-order valence-corrected chi connectivity index (χ2v) is 6.01. The third-order valence-electron chi connectivity index (χ3n) is 3.44. The van der Waals surface area contributed by atoms with Crippen molar-refractivity contribution in [3.8, 4) is 0 Å². The fourth-order valence-electron chi connectivity index (χ4n) is 2.02. The fraction of sp³-hybridized carbons (Fsp3) is 0.222. The Morgan fingerprint density at radius 3 is 2.56 bits per heavy atom. The van der Waals surface area contributed by atoms with E-state index >= 15 is 0 Å². The zero-order valence-corrected chi connectivity index (χ0v) is 14.8. The molecule has 1 amide bonds. The van der Waals surface area contributed by atoms with E-state index in [4.69, 9.17) is 16.3 Å². The summed E-state index contributed by atoms with van der Waals surface area (Å²) >= 11 is 5.86. The van der Waals surface area contributed by atoms with E-state index < -0.39 is 23.8 Å². The molecule has 0 aromatic heterocycles. The third kappa shape index (κ3) is 4.93. The number of benzene rings is 2. The van der Waals surface area contributed by atoms with Crippen LogP contribution in [0.25, 0.3) is 0 Å². The van der Waals surface area contributed by atoms with Crippen molar-refractivity contribution in [2.75, 3.05) is 24.3 Å². The second-order valence-electron chi connectivity index (χ2n) is 5.61. The van der Waals surface area contributed by atoms with Crippen LogP contribution < -0.4 is 10.2 Å². The standard InChI is InChI=1S/C18H18ClFN2O3/c1-11(17(23)21-16-8-7-13(20)10-15(16)19)25-18(24)12-5-4-6-14(9-12)22(2)3/h4-11H,1-3H3,(H,21,23)/t11-/m0/s1. The van der Waals surface area contributed by atoms with Gasteiger partial charge >= 0.3 is 5.97 Å². The molecular formula is C18H18ClFN2O3. The number of nitrogens with zero attached hydrogens (tertiary/aromatic N) is 1. The SMILES string of the molecule is C[C@H](OC(=O)c1cccc(N(C)C)c1)C(=O)Nc1ccc(F)cc1Cl. The molecule has 0 aliphatic carbocycles. The maximum atomic E-state index is 13.0. The van der Waals surface area contributed by atoms with Gasteiger partial charge in [-0.15, -0.1) is 0 Å². The number of amides is 1. The fourth-order valence-corrected chi connectivity index (χ4v) is 2.23. The average molecular weight is 365 g/mol. The predicted octanol–water partition coefficient (Wildman–Crippen LogP) is 3.73. The Bertz CT molecular complexity index is 796. The van der Waals surface area contributed by atoms with Gasteiger partial charge in [0.05, 0.1) is 16.3 Å². The van der Waals surface area contributed by atoms with Gasteiger partial charge in [0.1, 0.15) is 5.82 Å². The molecule has 25 heavy (non-hydrogen) atoms. The van der Waals surface area contributed by atoms with Crippen LogP contribution in [0.4, 0.5) is 15.8 Å². The van der Waals surface area contributed by atoms with Crippen molar-refractivity contribution >= 4 is 34.9 Å². The Labute approximate surface area is 150 Å². The van der Waals surface area contributed by atoms with Gasteiger partial charge in [0.25, 0.3) is 5.91 Å². The summed E-state index contributed by atoms with van der Waals surface area (Å²) in [5.74, 6) is -1.69. The van der Waals surface area contributed by atoms with Crippen molar-refractivity contribution in [2.45, 2.75) is 13.0 Å². The van der Waals surface area contributed by atoms with E-state index in [1.807, 2.05) is 25.1 Å². The maximum Gasteiger partial charge on any atom is 0.338 e. The Hall–Kier alpha value is -2.60. The molecule has 0 radical (unpaired) electrons. The molecule has 7 heteroatoms. The summed E-state index contributed by atoms with van der Waals surface area (Å²) in [4.78, 5) is 26.2. The third-order valence-corrected chi connectivity index (χ3v) is 3.75. The lowest BCUT2D eigenvalue weighted by molar-refractivity contribution is -0.123. The van der Waals surface area contributed by atoms with Crippen molar-refractivity contribution < 1.29 is 18.7 Å². The molecule has 0 bridgehead atoms. The number of rotatable bonds is 5. The Balaban J connectivity index is 2.03. The van der Waals surface area contributed by atoms with Crippen LogP contribution in [0, 0.1) is 5.82 Å². The molecule has 0 saturated heterocycles. The van der Waals surface area contributed by atoms with Gasteiger partial charge < -0.3 is 15.0 Å². The van der Waals surface area contributed by atoms with E-state index in [2.05, 4.69) is 5.32 Å². The molecule has 2 aromatic rings. The highest BCUT2D eigenvalue weighted by molar-refractivity contribution is 6.33. The predicted molar refractivity (Wildman–Crippen MR) is 95.7 cm³/mol. The first-order valence-electron chi connectivity index (χ1n) is 7.52. The van der Waals surface area contributed by atoms with Crippen LogP contribution in [0.3, 0.4) is 0 Å². The molecule has 0 saturated carbocycles. The summed E-state index contributed by atoms with van der Waals surface area (Å²) in [6, 6.07) is 10.5. The lowest BCUT2D eigenvalue weighted by Crippen LogP contribution is -2.30. The number of ether oxygens (including phenoxy) is 1. The number of hydrogen-bond donors (Lipinski definition) is 1. The van der Waals surface area contributed by atoms with Gasteiger partial charge in [-0.3, -0.25) is 4.79 Å². The summed E-state index contributed by atoms with van der Waals surface area (Å²) in [7, 11) is 3.71. The molecule has 0 aliphatic heterocycles. The smallest absolute Gasteiger partial charge is 0.338 e. The van der Waals surface area contributed by atoms with E-state index in [1.165, 1.54) is 19.1 Å². The summed E-state index contributed by atoms with van der Waals surface area (Å²) in [6.45, 7) is 1.44. The Morgan fingerprint density at radius 1 is 1.20 bits per heavy atom. The minimum atomic E-state index is -1.04. The molecule has 2 rings (SSSR count). The topological polar surface area (TPSA) is 58.6 Å². The van der Waals surface area contributed by atoms with Gasteiger partial charge in [-0.1, -0.05) is 17.7 Å². The lowest BCUT2D eigenvalue weighted by atomic mass is 10.2. The highest BCUT2D eigenvalue weighted by atomic mass is 35.5. The molecule has 1 atom stereocenters. The van der Waals surface area contributed by atoms with Gasteiger partial charge in [0.2, 0.25) is 0 Å². The first kappa shape index (κ1) is 18.7. The number of carbonyl (C=O) groups is 2. The van der Waals surface area contributed by atoms with Crippen LogP contribution in [0.5, 0.6) is 0 Å². The Kier molecular flexibility index (Phi) is 5.98. The number of anilines is 2. The number of halogens is 2. The van der Waals surface area contributed by atoms with Crippen LogP contribution in [0.2, 0.25) is 5.02 Å². The van der Waals surface area contributed by atoms with Gasteiger partial charge in [-0.2, -0.15) is 0 Å². The minimum absolute atomic E-state index is 0.0607. The average Bonchev–Trinajstić information content (AvgIpc) is 2.57. The number of carbonyl (C=O) groups excluding carboxylic acids is 2. The first-order chi connectivity index (χ1) is 11.8. The van der Waals surface area contributed by atoms with Crippen molar-refractivity contribution in [3.63, 3.8) is 0 Å². The summed E-state index contributed by atoms with van der Waals surface area (Å²) in [5, 5.41) is 2.56. The van der Waals surface area contributed by atoms with Crippen molar-refractivity contribution in [2.24, 2.45) is 0 Å². The summed E-state index contributed by atoms with van der Waals surface area (Å²) in [6.07, 6.45) is -1.04. The summed E-state index contributed by atoms with van der Waals surface area (Å²) in [5.41, 5.74) is 1.42. The molecule has 0 unspecified atom stereocenters. The second kappa shape index (κ2) is 7.98. The molecular weight excluding hydrogens is 347 g/mol. The van der Waals surface area contributed by atoms with Gasteiger partial charge in [-0.05, 0) is 43.3 Å². The van der Waals surface area contributed by atoms with Crippen molar-refractivity contribution in [3.05, 3.63) is 58.9 Å².